The van der Waals surface area contributed by atoms with E-state index in [4.69, 9.17) is 16.2 Å². The standard InChI is InChI=1S/C14H15N5O2/c1-3-7-4-8(12(20)10(5-7)21-2)11-9(6-15)13(16)19-14(17)18-11/h4-5,20H,3H2,1-2H3,(H4,16,17,18,19). The van der Waals surface area contributed by atoms with Crippen LogP contribution in [-0.2, 0) is 6.42 Å². The van der Waals surface area contributed by atoms with Gasteiger partial charge in [0, 0.05) is 5.56 Å². The van der Waals surface area contributed by atoms with Gasteiger partial charge >= 0.3 is 0 Å². The van der Waals surface area contributed by atoms with Gasteiger partial charge in [0.15, 0.2) is 11.5 Å². The number of aromatic nitrogens is 2. The number of aryl methyl sites for hydroxylation is 1. The topological polar surface area (TPSA) is 131 Å². The first kappa shape index (κ1) is 14.4. The predicted molar refractivity (Wildman–Crippen MR) is 78.6 cm³/mol. The van der Waals surface area contributed by atoms with Crippen molar-refractivity contribution in [1.82, 2.24) is 9.97 Å². The van der Waals surface area contributed by atoms with Crippen LogP contribution in [0.1, 0.15) is 18.1 Å². The van der Waals surface area contributed by atoms with Gasteiger partial charge in [0.1, 0.15) is 17.5 Å². The lowest BCUT2D eigenvalue weighted by Gasteiger charge is -2.13. The lowest BCUT2D eigenvalue weighted by atomic mass is 10.0. The van der Waals surface area contributed by atoms with Crippen molar-refractivity contribution in [3.8, 4) is 28.8 Å². The fourth-order valence-electron chi connectivity index (χ4n) is 2.01. The second-order valence-electron chi connectivity index (χ2n) is 4.35. The van der Waals surface area contributed by atoms with E-state index >= 15 is 0 Å². The molecule has 0 aliphatic carbocycles. The second-order valence-corrected chi connectivity index (χ2v) is 4.35. The summed E-state index contributed by atoms with van der Waals surface area (Å²) >= 11 is 0. The number of ether oxygens (including phenoxy) is 1. The SMILES string of the molecule is CCc1cc(OC)c(O)c(-c2nc(N)nc(N)c2C#N)c1. The maximum atomic E-state index is 10.3. The van der Waals surface area contributed by atoms with Gasteiger partial charge in [-0.2, -0.15) is 10.2 Å². The van der Waals surface area contributed by atoms with Crippen LogP contribution < -0.4 is 16.2 Å². The van der Waals surface area contributed by atoms with Gasteiger partial charge in [0.2, 0.25) is 5.95 Å². The number of nitrogen functional groups attached to an aromatic ring is 2. The van der Waals surface area contributed by atoms with Crippen LogP contribution in [0.3, 0.4) is 0 Å². The van der Waals surface area contributed by atoms with Gasteiger partial charge in [0.05, 0.1) is 12.8 Å². The van der Waals surface area contributed by atoms with Crippen molar-refractivity contribution < 1.29 is 9.84 Å². The molecule has 0 radical (unpaired) electrons. The molecule has 21 heavy (non-hydrogen) atoms. The van der Waals surface area contributed by atoms with Crippen LogP contribution in [0.4, 0.5) is 11.8 Å². The van der Waals surface area contributed by atoms with Crippen LogP contribution in [-0.4, -0.2) is 22.2 Å². The molecule has 0 atom stereocenters. The number of phenolic OH excluding ortho intramolecular Hbond substituents is 1. The van der Waals surface area contributed by atoms with Crippen LogP contribution in [0.25, 0.3) is 11.3 Å². The molecule has 0 spiro atoms. The van der Waals surface area contributed by atoms with Crippen LogP contribution in [0.15, 0.2) is 12.1 Å². The van der Waals surface area contributed by atoms with Crippen molar-refractivity contribution in [2.45, 2.75) is 13.3 Å². The summed E-state index contributed by atoms with van der Waals surface area (Å²) in [5.74, 6) is 0.0785. The molecule has 0 fully saturated rings. The molecular weight excluding hydrogens is 270 g/mol. The summed E-state index contributed by atoms with van der Waals surface area (Å²) in [7, 11) is 1.45. The van der Waals surface area contributed by atoms with E-state index in [1.807, 2.05) is 13.0 Å². The van der Waals surface area contributed by atoms with Gasteiger partial charge in [0.25, 0.3) is 0 Å². The molecule has 0 unspecified atom stereocenters. The number of nitriles is 1. The monoisotopic (exact) mass is 285 g/mol. The number of hydrogen-bond acceptors (Lipinski definition) is 7. The molecule has 1 heterocycles. The molecule has 0 amide bonds. The van der Waals surface area contributed by atoms with E-state index in [0.29, 0.717) is 11.3 Å². The number of benzene rings is 1. The van der Waals surface area contributed by atoms with Crippen LogP contribution >= 0.6 is 0 Å². The maximum Gasteiger partial charge on any atom is 0.222 e. The largest absolute Gasteiger partial charge is 0.504 e. The minimum absolute atomic E-state index is 0.0275. The fourth-order valence-corrected chi connectivity index (χ4v) is 2.01. The van der Waals surface area contributed by atoms with Crippen LogP contribution in [0.5, 0.6) is 11.5 Å². The molecule has 7 heteroatoms. The Labute approximate surface area is 121 Å². The van der Waals surface area contributed by atoms with E-state index in [1.54, 1.807) is 12.1 Å². The highest BCUT2D eigenvalue weighted by Gasteiger charge is 2.19. The first-order valence-electron chi connectivity index (χ1n) is 6.25. The smallest absolute Gasteiger partial charge is 0.222 e. The zero-order valence-electron chi connectivity index (χ0n) is 11.7. The molecular formula is C14H15N5O2. The van der Waals surface area contributed by atoms with Crippen molar-refractivity contribution >= 4 is 11.8 Å². The van der Waals surface area contributed by atoms with Gasteiger partial charge in [-0.3, -0.25) is 0 Å². The van der Waals surface area contributed by atoms with Gasteiger partial charge in [-0.1, -0.05) is 6.92 Å². The highest BCUT2D eigenvalue weighted by molar-refractivity contribution is 5.79. The third kappa shape index (κ3) is 2.51. The summed E-state index contributed by atoms with van der Waals surface area (Å²) in [6, 6.07) is 5.38. The zero-order valence-corrected chi connectivity index (χ0v) is 11.7. The highest BCUT2D eigenvalue weighted by atomic mass is 16.5. The van der Waals surface area contributed by atoms with E-state index in [9.17, 15) is 10.4 Å². The quantitative estimate of drug-likeness (QED) is 0.777. The van der Waals surface area contributed by atoms with Crippen molar-refractivity contribution in [2.75, 3.05) is 18.6 Å². The Morgan fingerprint density at radius 2 is 2.05 bits per heavy atom. The Balaban J connectivity index is 2.81. The van der Waals surface area contributed by atoms with Gasteiger partial charge in [-0.05, 0) is 24.1 Å². The Morgan fingerprint density at radius 1 is 1.33 bits per heavy atom. The van der Waals surface area contributed by atoms with Gasteiger partial charge < -0.3 is 21.3 Å². The lowest BCUT2D eigenvalue weighted by molar-refractivity contribution is 0.374. The van der Waals surface area contributed by atoms with Crippen molar-refractivity contribution in [2.24, 2.45) is 0 Å². The van der Waals surface area contributed by atoms with E-state index in [2.05, 4.69) is 9.97 Å². The fraction of sp³-hybridized carbons (Fsp3) is 0.214. The molecule has 0 saturated carbocycles. The molecule has 2 aromatic rings. The summed E-state index contributed by atoms with van der Waals surface area (Å²) in [6.07, 6.45) is 0.724. The summed E-state index contributed by atoms with van der Waals surface area (Å²) in [5.41, 5.74) is 12.8. The number of anilines is 2. The van der Waals surface area contributed by atoms with Crippen molar-refractivity contribution in [3.05, 3.63) is 23.3 Å². The maximum absolute atomic E-state index is 10.3. The molecule has 0 aliphatic heterocycles. The average Bonchev–Trinajstić information content (AvgIpc) is 2.46. The summed E-state index contributed by atoms with van der Waals surface area (Å²) in [5, 5.41) is 19.5. The average molecular weight is 285 g/mol. The first-order chi connectivity index (χ1) is 10.0. The van der Waals surface area contributed by atoms with E-state index in [1.165, 1.54) is 7.11 Å². The summed E-state index contributed by atoms with van der Waals surface area (Å²) in [4.78, 5) is 7.79. The number of hydrogen-bond donors (Lipinski definition) is 3. The number of methoxy groups -OCH3 is 1. The molecule has 0 bridgehead atoms. The Kier molecular flexibility index (Phi) is 3.80. The van der Waals surface area contributed by atoms with Gasteiger partial charge in [-0.25, -0.2) is 4.98 Å². The molecule has 1 aromatic carbocycles. The molecule has 1 aromatic heterocycles. The van der Waals surface area contributed by atoms with Crippen LogP contribution in [0, 0.1) is 11.3 Å². The third-order valence-corrected chi connectivity index (χ3v) is 3.08. The number of rotatable bonds is 3. The van der Waals surface area contributed by atoms with Crippen molar-refractivity contribution in [3.63, 3.8) is 0 Å². The number of phenols is 1. The Morgan fingerprint density at radius 3 is 2.62 bits per heavy atom. The number of nitrogens with zero attached hydrogens (tertiary/aromatic N) is 3. The zero-order chi connectivity index (χ0) is 15.6. The van der Waals surface area contributed by atoms with Crippen molar-refractivity contribution in [1.29, 1.82) is 5.26 Å². The molecule has 0 saturated heterocycles. The highest BCUT2D eigenvalue weighted by Crippen LogP contribution is 2.39. The Bertz CT molecular complexity index is 737. The van der Waals surface area contributed by atoms with E-state index < -0.39 is 0 Å². The lowest BCUT2D eigenvalue weighted by Crippen LogP contribution is -2.05. The second kappa shape index (κ2) is 5.54. The Hall–Kier alpha value is -3.01. The van der Waals surface area contributed by atoms with Gasteiger partial charge in [-0.15, -0.1) is 0 Å². The van der Waals surface area contributed by atoms with E-state index in [-0.39, 0.29) is 28.8 Å². The molecule has 108 valence electrons. The minimum atomic E-state index is -0.122. The third-order valence-electron chi connectivity index (χ3n) is 3.08. The molecule has 0 aliphatic rings. The van der Waals surface area contributed by atoms with Crippen LogP contribution in [0.2, 0.25) is 0 Å². The predicted octanol–water partition coefficient (Wildman–Crippen LogP) is 1.46. The number of aromatic hydroxyl groups is 1. The summed E-state index contributed by atoms with van der Waals surface area (Å²) in [6.45, 7) is 1.96. The van der Waals surface area contributed by atoms with E-state index in [0.717, 1.165) is 12.0 Å². The minimum Gasteiger partial charge on any atom is -0.504 e. The molecule has 5 N–H and O–H groups in total. The molecule has 2 rings (SSSR count). The first-order valence-corrected chi connectivity index (χ1v) is 6.25. The summed E-state index contributed by atoms with van der Waals surface area (Å²) < 4.78 is 5.14. The molecule has 7 nitrogen and oxygen atoms in total. The number of nitrogens with two attached hydrogens (primary N) is 2. The normalized spacial score (nSPS) is 10.1.